The van der Waals surface area contributed by atoms with Crippen LogP contribution in [-0.4, -0.2) is 78.5 Å². The van der Waals surface area contributed by atoms with E-state index in [-0.39, 0.29) is 44.6 Å². The van der Waals surface area contributed by atoms with Gasteiger partial charge in [-0.3, -0.25) is 4.90 Å². The molecule has 0 bridgehead atoms. The van der Waals surface area contributed by atoms with Gasteiger partial charge in [0, 0.05) is 56.8 Å². The Kier molecular flexibility index (Phi) is 7.81. The second-order valence-electron chi connectivity index (χ2n) is 10.6. The lowest BCUT2D eigenvalue weighted by Gasteiger charge is -2.45. The predicted octanol–water partition coefficient (Wildman–Crippen LogP) is 6.29. The van der Waals surface area contributed by atoms with Crippen molar-refractivity contribution in [2.45, 2.75) is 81.9 Å². The van der Waals surface area contributed by atoms with Crippen molar-refractivity contribution in [2.75, 3.05) is 37.6 Å². The molecule has 0 aromatic heterocycles. The van der Waals surface area contributed by atoms with E-state index in [4.69, 9.17) is 0 Å². The Hall–Kier alpha value is -2.31. The zero-order chi connectivity index (χ0) is 27.9. The summed E-state index contributed by atoms with van der Waals surface area (Å²) in [5.41, 5.74) is 2.51. The summed E-state index contributed by atoms with van der Waals surface area (Å²) < 4.78 is 108. The van der Waals surface area contributed by atoms with Gasteiger partial charge in [0.1, 0.15) is 0 Å². The molecule has 38 heavy (non-hydrogen) atoms. The number of hydrogen-bond donors (Lipinski definition) is 0. The number of nitrogens with zero attached hydrogens (tertiary/aromatic N) is 3. The van der Waals surface area contributed by atoms with Crippen LogP contribution in [0.5, 0.6) is 0 Å². The molecule has 1 aromatic carbocycles. The maximum absolute atomic E-state index is 13.7. The Morgan fingerprint density at radius 1 is 0.921 bits per heavy atom. The van der Waals surface area contributed by atoms with E-state index in [1.54, 1.807) is 0 Å². The highest BCUT2D eigenvalue weighted by Crippen LogP contribution is 2.42. The summed E-state index contributed by atoms with van der Waals surface area (Å²) in [6.07, 6.45) is -15.4. The van der Waals surface area contributed by atoms with Gasteiger partial charge in [0.05, 0.1) is 0 Å². The normalized spacial score (nSPS) is 22.4. The lowest BCUT2D eigenvalue weighted by molar-refractivity contribution is -0.308. The van der Waals surface area contributed by atoms with Gasteiger partial charge in [-0.1, -0.05) is 12.1 Å². The van der Waals surface area contributed by atoms with Crippen molar-refractivity contribution in [2.24, 2.45) is 0 Å². The van der Waals surface area contributed by atoms with Gasteiger partial charge in [0.2, 0.25) is 0 Å². The monoisotopic (exact) mass is 557 g/mol. The molecule has 1 aromatic rings. The number of alkyl halides is 8. The minimum absolute atomic E-state index is 0.0280. The quantitative estimate of drug-likeness (QED) is 0.408. The summed E-state index contributed by atoms with van der Waals surface area (Å²) in [6, 6.07) is 5.92. The summed E-state index contributed by atoms with van der Waals surface area (Å²) in [5.74, 6) is -2.67. The number of amides is 1. The molecule has 0 aliphatic carbocycles. The third kappa shape index (κ3) is 6.28. The van der Waals surface area contributed by atoms with E-state index in [1.165, 1.54) is 0 Å². The van der Waals surface area contributed by atoms with Gasteiger partial charge >= 0.3 is 18.4 Å². The standard InChI is InChI=1S/C25H31F8N3O2/c1-17-3-4-18(19(15-17)34-13-8-23(26,27)9-14-34)16-36-10-2-5-22(36)6-11-35(12-7-22)21(37)38-20(24(28,29)30)25(31,32)33/h3-4,15,20H,2,5-14,16H2,1H3. The second-order valence-corrected chi connectivity index (χ2v) is 10.6. The Balaban J connectivity index is 1.43. The molecule has 0 saturated carbocycles. The van der Waals surface area contributed by atoms with E-state index < -0.39 is 30.5 Å². The van der Waals surface area contributed by atoms with Crippen molar-refractivity contribution in [3.63, 3.8) is 0 Å². The van der Waals surface area contributed by atoms with Gasteiger partial charge < -0.3 is 14.5 Å². The smallest absolute Gasteiger partial charge is 0.426 e. The van der Waals surface area contributed by atoms with Crippen LogP contribution in [0, 0.1) is 6.92 Å². The van der Waals surface area contributed by atoms with E-state index in [2.05, 4.69) is 9.64 Å². The van der Waals surface area contributed by atoms with Crippen LogP contribution >= 0.6 is 0 Å². The predicted molar refractivity (Wildman–Crippen MR) is 123 cm³/mol. The molecule has 214 valence electrons. The molecular formula is C25H31F8N3O2. The molecule has 3 aliphatic rings. The van der Waals surface area contributed by atoms with Crippen molar-refractivity contribution in [1.29, 1.82) is 0 Å². The van der Waals surface area contributed by atoms with E-state index in [0.29, 0.717) is 19.4 Å². The first-order valence-electron chi connectivity index (χ1n) is 12.7. The molecule has 13 heteroatoms. The number of carbonyl (C=O) groups is 1. The van der Waals surface area contributed by atoms with Crippen LogP contribution in [0.2, 0.25) is 0 Å². The van der Waals surface area contributed by atoms with Crippen molar-refractivity contribution < 1.29 is 44.7 Å². The van der Waals surface area contributed by atoms with E-state index in [0.717, 1.165) is 41.1 Å². The maximum Gasteiger partial charge on any atom is 0.434 e. The van der Waals surface area contributed by atoms with Crippen molar-refractivity contribution in [3.8, 4) is 0 Å². The van der Waals surface area contributed by atoms with Crippen LogP contribution in [0.25, 0.3) is 0 Å². The fraction of sp³-hybridized carbons (Fsp3) is 0.720. The lowest BCUT2D eigenvalue weighted by atomic mass is 9.84. The number of carbonyl (C=O) groups excluding carboxylic acids is 1. The van der Waals surface area contributed by atoms with Crippen LogP contribution in [-0.2, 0) is 11.3 Å². The highest BCUT2D eigenvalue weighted by atomic mass is 19.4. The summed E-state index contributed by atoms with van der Waals surface area (Å²) in [7, 11) is 0. The zero-order valence-electron chi connectivity index (χ0n) is 21.0. The number of aryl methyl sites for hydroxylation is 1. The van der Waals surface area contributed by atoms with Crippen molar-refractivity contribution in [3.05, 3.63) is 29.3 Å². The molecule has 3 heterocycles. The number of piperidine rings is 2. The number of halogens is 8. The molecule has 1 amide bonds. The van der Waals surface area contributed by atoms with E-state index >= 15 is 0 Å². The zero-order valence-corrected chi connectivity index (χ0v) is 21.0. The third-order valence-electron chi connectivity index (χ3n) is 7.94. The minimum Gasteiger partial charge on any atom is -0.426 e. The number of benzene rings is 1. The van der Waals surface area contributed by atoms with Crippen molar-refractivity contribution >= 4 is 11.8 Å². The molecular weight excluding hydrogens is 526 g/mol. The second kappa shape index (κ2) is 10.3. The van der Waals surface area contributed by atoms with Crippen LogP contribution in [0.15, 0.2) is 18.2 Å². The summed E-state index contributed by atoms with van der Waals surface area (Å²) in [4.78, 5) is 17.3. The highest BCUT2D eigenvalue weighted by molar-refractivity contribution is 5.68. The number of ether oxygens (including phenoxy) is 1. The van der Waals surface area contributed by atoms with Crippen LogP contribution in [0.4, 0.5) is 45.6 Å². The largest absolute Gasteiger partial charge is 0.434 e. The summed E-state index contributed by atoms with van der Waals surface area (Å²) in [6.45, 7) is 3.61. The van der Waals surface area contributed by atoms with Crippen LogP contribution in [0.1, 0.15) is 49.7 Å². The van der Waals surface area contributed by atoms with Crippen LogP contribution in [0.3, 0.4) is 0 Å². The van der Waals surface area contributed by atoms with E-state index in [1.807, 2.05) is 30.0 Å². The molecule has 3 fully saturated rings. The fourth-order valence-electron chi connectivity index (χ4n) is 5.79. The van der Waals surface area contributed by atoms with Gasteiger partial charge in [-0.05, 0) is 56.3 Å². The number of anilines is 1. The maximum atomic E-state index is 13.7. The molecule has 3 aliphatic heterocycles. The lowest BCUT2D eigenvalue weighted by Crippen LogP contribution is -2.54. The molecule has 0 radical (unpaired) electrons. The van der Waals surface area contributed by atoms with Gasteiger partial charge in [-0.25, -0.2) is 13.6 Å². The molecule has 3 saturated heterocycles. The summed E-state index contributed by atoms with van der Waals surface area (Å²) >= 11 is 0. The molecule has 0 atom stereocenters. The Labute approximate surface area is 215 Å². The first-order valence-corrected chi connectivity index (χ1v) is 12.7. The Morgan fingerprint density at radius 2 is 1.53 bits per heavy atom. The van der Waals surface area contributed by atoms with Gasteiger partial charge in [0.25, 0.3) is 12.0 Å². The van der Waals surface area contributed by atoms with Crippen molar-refractivity contribution in [1.82, 2.24) is 9.80 Å². The topological polar surface area (TPSA) is 36.0 Å². The molecule has 1 spiro atoms. The highest BCUT2D eigenvalue weighted by Gasteiger charge is 2.60. The first-order chi connectivity index (χ1) is 17.6. The van der Waals surface area contributed by atoms with Crippen LogP contribution < -0.4 is 4.90 Å². The molecule has 4 rings (SSSR count). The summed E-state index contributed by atoms with van der Waals surface area (Å²) in [5, 5.41) is 0. The van der Waals surface area contributed by atoms with Gasteiger partial charge in [-0.15, -0.1) is 0 Å². The third-order valence-corrected chi connectivity index (χ3v) is 7.94. The SMILES string of the molecule is Cc1ccc(CN2CCCC23CCN(C(=O)OC(C(F)(F)F)C(F)(F)F)CC3)c(N2CCC(F)(F)CC2)c1. The Morgan fingerprint density at radius 3 is 2.11 bits per heavy atom. The number of likely N-dealkylation sites (tertiary alicyclic amines) is 2. The Bertz CT molecular complexity index is 981. The first kappa shape index (κ1) is 28.7. The number of rotatable bonds is 4. The molecule has 0 N–H and O–H groups in total. The van der Waals surface area contributed by atoms with Gasteiger partial charge in [0.15, 0.2) is 0 Å². The molecule has 0 unspecified atom stereocenters. The van der Waals surface area contributed by atoms with Gasteiger partial charge in [-0.2, -0.15) is 26.3 Å². The minimum atomic E-state index is -5.76. The van der Waals surface area contributed by atoms with E-state index in [9.17, 15) is 39.9 Å². The molecule has 5 nitrogen and oxygen atoms in total. The average molecular weight is 558 g/mol. The number of hydrogen-bond acceptors (Lipinski definition) is 4. The fourth-order valence-corrected chi connectivity index (χ4v) is 5.79. The average Bonchev–Trinajstić information content (AvgIpc) is 3.19.